The van der Waals surface area contributed by atoms with Crippen LogP contribution in [0.1, 0.15) is 24.1 Å². The van der Waals surface area contributed by atoms with Crippen LogP contribution >= 0.6 is 34.8 Å². The molecule has 2 aromatic carbocycles. The van der Waals surface area contributed by atoms with E-state index < -0.39 is 0 Å². The van der Waals surface area contributed by atoms with Crippen LogP contribution in [0.2, 0.25) is 15.1 Å². The Bertz CT molecular complexity index is 658. The zero-order valence-electron chi connectivity index (χ0n) is 12.0. The minimum Gasteiger partial charge on any atom is -0.497 e. The Morgan fingerprint density at radius 1 is 1.05 bits per heavy atom. The third kappa shape index (κ3) is 3.57. The Morgan fingerprint density at radius 2 is 1.76 bits per heavy atom. The molecule has 0 aliphatic heterocycles. The summed E-state index contributed by atoms with van der Waals surface area (Å²) in [6, 6.07) is 9.51. The van der Waals surface area contributed by atoms with Crippen molar-refractivity contribution in [2.45, 2.75) is 19.9 Å². The number of nitrogens with one attached hydrogen (secondary N) is 1. The normalized spacial score (nSPS) is 12.1. The van der Waals surface area contributed by atoms with Crippen LogP contribution in [0.5, 0.6) is 5.75 Å². The summed E-state index contributed by atoms with van der Waals surface area (Å²) >= 11 is 18.3. The van der Waals surface area contributed by atoms with E-state index in [1.54, 1.807) is 13.2 Å². The van der Waals surface area contributed by atoms with Gasteiger partial charge < -0.3 is 10.1 Å². The molecule has 0 spiro atoms. The first kappa shape index (κ1) is 16.3. The van der Waals surface area contributed by atoms with Gasteiger partial charge in [0, 0.05) is 5.69 Å². The first-order valence-electron chi connectivity index (χ1n) is 6.48. The lowest BCUT2D eigenvalue weighted by Crippen LogP contribution is -2.08. The summed E-state index contributed by atoms with van der Waals surface area (Å²) in [6.07, 6.45) is 0. The molecule has 0 saturated heterocycles. The fourth-order valence-corrected chi connectivity index (χ4v) is 2.82. The maximum Gasteiger partial charge on any atom is 0.119 e. The SMILES string of the molecule is COc1ccc(NC(C)c2ccc(Cl)c(Cl)c2Cl)c(C)c1. The highest BCUT2D eigenvalue weighted by molar-refractivity contribution is 6.48. The highest BCUT2D eigenvalue weighted by Gasteiger charge is 2.15. The smallest absolute Gasteiger partial charge is 0.119 e. The van der Waals surface area contributed by atoms with Crippen molar-refractivity contribution in [1.82, 2.24) is 0 Å². The van der Waals surface area contributed by atoms with Crippen molar-refractivity contribution in [2.75, 3.05) is 12.4 Å². The third-order valence-electron chi connectivity index (χ3n) is 3.34. The maximum absolute atomic E-state index is 6.27. The number of hydrogen-bond acceptors (Lipinski definition) is 2. The maximum atomic E-state index is 6.27. The van der Waals surface area contributed by atoms with Crippen LogP contribution in [0.15, 0.2) is 30.3 Å². The van der Waals surface area contributed by atoms with E-state index in [2.05, 4.69) is 5.32 Å². The number of ether oxygens (including phenoxy) is 1. The van der Waals surface area contributed by atoms with Gasteiger partial charge in [-0.25, -0.2) is 0 Å². The molecule has 2 nitrogen and oxygen atoms in total. The Balaban J connectivity index is 2.26. The lowest BCUT2D eigenvalue weighted by atomic mass is 10.1. The van der Waals surface area contributed by atoms with Crippen molar-refractivity contribution in [2.24, 2.45) is 0 Å². The molecule has 0 saturated carbocycles. The fraction of sp³-hybridized carbons (Fsp3) is 0.250. The second kappa shape index (κ2) is 6.78. The van der Waals surface area contributed by atoms with Crippen LogP contribution in [-0.2, 0) is 0 Å². The Kier molecular flexibility index (Phi) is 5.26. The molecule has 0 aliphatic rings. The van der Waals surface area contributed by atoms with E-state index in [1.807, 2.05) is 38.1 Å². The van der Waals surface area contributed by atoms with Crippen molar-refractivity contribution in [1.29, 1.82) is 0 Å². The largest absolute Gasteiger partial charge is 0.497 e. The number of benzene rings is 2. The molecule has 1 unspecified atom stereocenters. The molecule has 0 heterocycles. The van der Waals surface area contributed by atoms with Gasteiger partial charge in [0.05, 0.1) is 28.2 Å². The average molecular weight is 345 g/mol. The fourth-order valence-electron chi connectivity index (χ4n) is 2.11. The van der Waals surface area contributed by atoms with Crippen molar-refractivity contribution in [3.63, 3.8) is 0 Å². The van der Waals surface area contributed by atoms with Gasteiger partial charge in [0.1, 0.15) is 5.75 Å². The minimum atomic E-state index is -0.000591. The summed E-state index contributed by atoms with van der Waals surface area (Å²) < 4.78 is 5.21. The van der Waals surface area contributed by atoms with Gasteiger partial charge in [0.2, 0.25) is 0 Å². The van der Waals surface area contributed by atoms with E-state index in [0.29, 0.717) is 15.1 Å². The molecule has 0 radical (unpaired) electrons. The second-order valence-electron chi connectivity index (χ2n) is 4.81. The van der Waals surface area contributed by atoms with E-state index in [-0.39, 0.29) is 6.04 Å². The van der Waals surface area contributed by atoms with Gasteiger partial charge >= 0.3 is 0 Å². The lowest BCUT2D eigenvalue weighted by Gasteiger charge is -2.19. The van der Waals surface area contributed by atoms with Crippen LogP contribution in [0.3, 0.4) is 0 Å². The van der Waals surface area contributed by atoms with Crippen molar-refractivity contribution in [3.05, 3.63) is 56.5 Å². The van der Waals surface area contributed by atoms with Gasteiger partial charge in [-0.3, -0.25) is 0 Å². The van der Waals surface area contributed by atoms with E-state index in [9.17, 15) is 0 Å². The van der Waals surface area contributed by atoms with Gasteiger partial charge in [0.15, 0.2) is 0 Å². The summed E-state index contributed by atoms with van der Waals surface area (Å²) in [5.41, 5.74) is 3.02. The van der Waals surface area contributed by atoms with E-state index >= 15 is 0 Å². The van der Waals surface area contributed by atoms with E-state index in [1.165, 1.54) is 0 Å². The zero-order valence-corrected chi connectivity index (χ0v) is 14.3. The van der Waals surface area contributed by atoms with Gasteiger partial charge in [-0.05, 0) is 49.2 Å². The molecule has 2 rings (SSSR count). The summed E-state index contributed by atoms with van der Waals surface area (Å²) in [5, 5.41) is 4.75. The minimum absolute atomic E-state index is 0.000591. The number of halogens is 3. The summed E-state index contributed by atoms with van der Waals surface area (Å²) in [5.74, 6) is 0.832. The Morgan fingerprint density at radius 3 is 2.38 bits per heavy atom. The van der Waals surface area contributed by atoms with E-state index in [4.69, 9.17) is 39.5 Å². The highest BCUT2D eigenvalue weighted by Crippen LogP contribution is 2.36. The van der Waals surface area contributed by atoms with Crippen LogP contribution in [0.25, 0.3) is 0 Å². The number of methoxy groups -OCH3 is 1. The molecule has 0 aliphatic carbocycles. The molecule has 0 fully saturated rings. The number of anilines is 1. The average Bonchev–Trinajstić information content (AvgIpc) is 2.46. The molecule has 0 bridgehead atoms. The van der Waals surface area contributed by atoms with Crippen molar-refractivity contribution < 1.29 is 4.74 Å². The summed E-state index contributed by atoms with van der Waals surface area (Å²) in [6.45, 7) is 4.04. The van der Waals surface area contributed by atoms with Crippen molar-refractivity contribution in [3.8, 4) is 5.75 Å². The third-order valence-corrected chi connectivity index (χ3v) is 4.65. The number of hydrogen-bond donors (Lipinski definition) is 1. The van der Waals surface area contributed by atoms with E-state index in [0.717, 1.165) is 22.6 Å². The second-order valence-corrected chi connectivity index (χ2v) is 5.97. The summed E-state index contributed by atoms with van der Waals surface area (Å²) in [4.78, 5) is 0. The van der Waals surface area contributed by atoms with Crippen LogP contribution in [-0.4, -0.2) is 7.11 Å². The molecule has 112 valence electrons. The quantitative estimate of drug-likeness (QED) is 0.673. The predicted molar refractivity (Wildman–Crippen MR) is 91.2 cm³/mol. The van der Waals surface area contributed by atoms with Crippen molar-refractivity contribution >= 4 is 40.5 Å². The van der Waals surface area contributed by atoms with Crippen LogP contribution < -0.4 is 10.1 Å². The molecule has 1 N–H and O–H groups in total. The topological polar surface area (TPSA) is 21.3 Å². The predicted octanol–water partition coefficient (Wildman–Crippen LogP) is 6.14. The van der Waals surface area contributed by atoms with Gasteiger partial charge in [0.25, 0.3) is 0 Å². The standard InChI is InChI=1S/C16H16Cl3NO/c1-9-8-11(21-3)4-7-14(9)20-10(2)12-5-6-13(17)16(19)15(12)18/h4-8,10,20H,1-3H3. The number of rotatable bonds is 4. The van der Waals surface area contributed by atoms with Gasteiger partial charge in [-0.2, -0.15) is 0 Å². The summed E-state index contributed by atoms with van der Waals surface area (Å²) in [7, 11) is 1.65. The van der Waals surface area contributed by atoms with Crippen LogP contribution in [0, 0.1) is 6.92 Å². The molecule has 0 amide bonds. The first-order chi connectivity index (χ1) is 9.93. The molecular formula is C16H16Cl3NO. The number of aryl methyl sites for hydroxylation is 1. The Labute approximate surface area is 140 Å². The zero-order chi connectivity index (χ0) is 15.6. The molecule has 1 atom stereocenters. The molecule has 2 aromatic rings. The van der Waals surface area contributed by atoms with Gasteiger partial charge in [-0.15, -0.1) is 0 Å². The first-order valence-corrected chi connectivity index (χ1v) is 7.62. The molecular weight excluding hydrogens is 329 g/mol. The highest BCUT2D eigenvalue weighted by atomic mass is 35.5. The van der Waals surface area contributed by atoms with Crippen LogP contribution in [0.4, 0.5) is 5.69 Å². The monoisotopic (exact) mass is 343 g/mol. The lowest BCUT2D eigenvalue weighted by molar-refractivity contribution is 0.414. The molecule has 5 heteroatoms. The molecule has 0 aromatic heterocycles. The molecule has 21 heavy (non-hydrogen) atoms. The Hall–Kier alpha value is -1.09. The van der Waals surface area contributed by atoms with Gasteiger partial charge in [-0.1, -0.05) is 40.9 Å².